The Bertz CT molecular complexity index is 875. The zero-order chi connectivity index (χ0) is 19.5. The third-order valence-electron chi connectivity index (χ3n) is 6.11. The zero-order valence-electron chi connectivity index (χ0n) is 15.5. The lowest BCUT2D eigenvalue weighted by atomic mass is 9.95. The summed E-state index contributed by atoms with van der Waals surface area (Å²) in [5.41, 5.74) is -1.84. The monoisotopic (exact) mass is 392 g/mol. The van der Waals surface area contributed by atoms with Crippen molar-refractivity contribution in [2.24, 2.45) is 11.8 Å². The van der Waals surface area contributed by atoms with Crippen LogP contribution in [-0.4, -0.2) is 33.0 Å². The summed E-state index contributed by atoms with van der Waals surface area (Å²) in [6.45, 7) is 1.04. The molecule has 2 unspecified atom stereocenters. The molecule has 1 saturated heterocycles. The van der Waals surface area contributed by atoms with E-state index in [2.05, 4.69) is 10.2 Å². The van der Waals surface area contributed by atoms with Crippen molar-refractivity contribution in [1.82, 2.24) is 14.8 Å². The number of benzene rings is 1. The minimum Gasteiger partial charge on any atom is -0.385 e. The topological polar surface area (TPSA) is 54.2 Å². The van der Waals surface area contributed by atoms with Gasteiger partial charge in [0.15, 0.2) is 11.5 Å². The molecule has 5 nitrogen and oxygen atoms in total. The first kappa shape index (κ1) is 18.0. The number of anilines is 1. The molecule has 5 rings (SSSR count). The Morgan fingerprint density at radius 2 is 1.82 bits per heavy atom. The first-order valence-electron chi connectivity index (χ1n) is 9.94. The molecule has 3 fully saturated rings. The van der Waals surface area contributed by atoms with Crippen molar-refractivity contribution in [2.45, 2.75) is 50.4 Å². The largest absolute Gasteiger partial charge is 0.385 e. The van der Waals surface area contributed by atoms with Crippen molar-refractivity contribution in [3.8, 4) is 0 Å². The zero-order valence-corrected chi connectivity index (χ0v) is 15.5. The molecule has 2 aliphatic carbocycles. The molecule has 1 aromatic carbocycles. The maximum atomic E-state index is 15.6. The Labute approximate surface area is 161 Å². The maximum absolute atomic E-state index is 15.6. The number of aliphatic hydroxyl groups excluding tert-OH is 1. The van der Waals surface area contributed by atoms with Gasteiger partial charge in [-0.15, -0.1) is 10.2 Å². The van der Waals surface area contributed by atoms with Crippen molar-refractivity contribution in [3.05, 3.63) is 41.2 Å². The summed E-state index contributed by atoms with van der Waals surface area (Å²) in [7, 11) is 0. The van der Waals surface area contributed by atoms with Crippen molar-refractivity contribution < 1.29 is 18.3 Å². The fourth-order valence-electron chi connectivity index (χ4n) is 4.11. The van der Waals surface area contributed by atoms with Crippen LogP contribution < -0.4 is 4.90 Å². The Balaban J connectivity index is 1.43. The molecule has 3 aliphatic rings. The molecule has 0 bridgehead atoms. The predicted octanol–water partition coefficient (Wildman–Crippen LogP) is 3.48. The number of hydrogen-bond donors (Lipinski definition) is 1. The number of aliphatic hydroxyl groups is 1. The number of aromatic nitrogens is 3. The molecule has 28 heavy (non-hydrogen) atoms. The highest BCUT2D eigenvalue weighted by atomic mass is 19.1. The first-order chi connectivity index (χ1) is 13.4. The molecule has 2 aromatic rings. The molecule has 1 aromatic heterocycles. The summed E-state index contributed by atoms with van der Waals surface area (Å²) in [6, 6.07) is 2.87. The Kier molecular flexibility index (Phi) is 4.15. The van der Waals surface area contributed by atoms with Gasteiger partial charge in [0, 0.05) is 25.6 Å². The van der Waals surface area contributed by atoms with E-state index in [1.165, 1.54) is 0 Å². The SMILES string of the molecule is OC(c1nnc(N2CCC(F)(c3cc(F)cc(F)c3)C2)n1CC1CC1)C1CC1. The normalized spacial score (nSPS) is 26.1. The molecule has 2 heterocycles. The molecule has 0 radical (unpaired) electrons. The van der Waals surface area contributed by atoms with E-state index in [0.29, 0.717) is 30.8 Å². The lowest BCUT2D eigenvalue weighted by Gasteiger charge is -2.23. The van der Waals surface area contributed by atoms with Crippen LogP contribution in [0.4, 0.5) is 19.1 Å². The molecule has 2 saturated carbocycles. The van der Waals surface area contributed by atoms with E-state index in [-0.39, 0.29) is 24.4 Å². The second-order valence-corrected chi connectivity index (χ2v) is 8.49. The molecular formula is C20H23F3N4O. The van der Waals surface area contributed by atoms with Crippen molar-refractivity contribution in [2.75, 3.05) is 18.0 Å². The highest BCUT2D eigenvalue weighted by Crippen LogP contribution is 2.43. The standard InChI is InChI=1S/C20H23F3N4O/c21-15-7-14(8-16(22)9-15)20(23)5-6-26(11-20)19-25-24-18(17(28)13-3-4-13)27(19)10-12-1-2-12/h7-9,12-13,17,28H,1-6,10-11H2. The second kappa shape index (κ2) is 6.47. The average molecular weight is 392 g/mol. The minimum atomic E-state index is -1.85. The van der Waals surface area contributed by atoms with Crippen molar-refractivity contribution >= 4 is 5.95 Å². The average Bonchev–Trinajstić information content (AvgIpc) is 3.56. The molecular weight excluding hydrogens is 369 g/mol. The number of alkyl halides is 1. The Morgan fingerprint density at radius 3 is 2.46 bits per heavy atom. The second-order valence-electron chi connectivity index (χ2n) is 8.49. The van der Waals surface area contributed by atoms with E-state index in [4.69, 9.17) is 0 Å². The van der Waals surface area contributed by atoms with Gasteiger partial charge in [0.2, 0.25) is 5.95 Å². The third kappa shape index (κ3) is 3.27. The van der Waals surface area contributed by atoms with Crippen LogP contribution in [0.3, 0.4) is 0 Å². The molecule has 2 atom stereocenters. The number of nitrogens with zero attached hydrogens (tertiary/aromatic N) is 4. The van der Waals surface area contributed by atoms with Crippen LogP contribution in [0.15, 0.2) is 18.2 Å². The lowest BCUT2D eigenvalue weighted by molar-refractivity contribution is 0.138. The smallest absolute Gasteiger partial charge is 0.227 e. The lowest BCUT2D eigenvalue weighted by Crippen LogP contribution is -2.29. The summed E-state index contributed by atoms with van der Waals surface area (Å²) in [5, 5.41) is 19.1. The van der Waals surface area contributed by atoms with Gasteiger partial charge >= 0.3 is 0 Å². The van der Waals surface area contributed by atoms with Gasteiger partial charge < -0.3 is 10.0 Å². The number of hydrogen-bond acceptors (Lipinski definition) is 4. The number of halogens is 3. The van der Waals surface area contributed by atoms with E-state index >= 15 is 4.39 Å². The van der Waals surface area contributed by atoms with Gasteiger partial charge in [0.1, 0.15) is 17.7 Å². The van der Waals surface area contributed by atoms with Gasteiger partial charge in [0.25, 0.3) is 0 Å². The first-order valence-corrected chi connectivity index (χ1v) is 9.94. The van der Waals surface area contributed by atoms with E-state index in [9.17, 15) is 13.9 Å². The Morgan fingerprint density at radius 1 is 1.11 bits per heavy atom. The highest BCUT2D eigenvalue weighted by Gasteiger charge is 2.43. The van der Waals surface area contributed by atoms with Crippen LogP contribution in [0.2, 0.25) is 0 Å². The summed E-state index contributed by atoms with van der Waals surface area (Å²) in [6.07, 6.45) is 3.70. The van der Waals surface area contributed by atoms with E-state index in [1.807, 2.05) is 4.57 Å². The summed E-state index contributed by atoms with van der Waals surface area (Å²) >= 11 is 0. The molecule has 0 amide bonds. The van der Waals surface area contributed by atoms with E-state index in [0.717, 1.165) is 43.9 Å². The van der Waals surface area contributed by atoms with Gasteiger partial charge in [-0.1, -0.05) is 0 Å². The van der Waals surface area contributed by atoms with Crippen LogP contribution in [-0.2, 0) is 12.2 Å². The van der Waals surface area contributed by atoms with Gasteiger partial charge in [0.05, 0.1) is 6.54 Å². The van der Waals surface area contributed by atoms with Gasteiger partial charge in [-0.05, 0) is 55.2 Å². The third-order valence-corrected chi connectivity index (χ3v) is 6.11. The maximum Gasteiger partial charge on any atom is 0.227 e. The Hall–Kier alpha value is -2.09. The van der Waals surface area contributed by atoms with E-state index in [1.54, 1.807) is 4.90 Å². The van der Waals surface area contributed by atoms with Crippen LogP contribution in [0, 0.1) is 23.5 Å². The summed E-state index contributed by atoms with van der Waals surface area (Å²) in [4.78, 5) is 1.78. The molecule has 150 valence electrons. The van der Waals surface area contributed by atoms with Crippen LogP contribution >= 0.6 is 0 Å². The minimum absolute atomic E-state index is 0.0130. The fraction of sp³-hybridized carbons (Fsp3) is 0.600. The van der Waals surface area contributed by atoms with Crippen LogP contribution in [0.25, 0.3) is 0 Å². The van der Waals surface area contributed by atoms with Crippen LogP contribution in [0.1, 0.15) is 49.6 Å². The van der Waals surface area contributed by atoms with Crippen molar-refractivity contribution in [1.29, 1.82) is 0 Å². The van der Waals surface area contributed by atoms with Crippen LogP contribution in [0.5, 0.6) is 0 Å². The van der Waals surface area contributed by atoms with Gasteiger partial charge in [-0.25, -0.2) is 13.2 Å². The predicted molar refractivity (Wildman–Crippen MR) is 96.4 cm³/mol. The molecule has 1 N–H and O–H groups in total. The van der Waals surface area contributed by atoms with Gasteiger partial charge in [-0.2, -0.15) is 0 Å². The quantitative estimate of drug-likeness (QED) is 0.818. The molecule has 0 spiro atoms. The summed E-state index contributed by atoms with van der Waals surface area (Å²) in [5.74, 6) is 0.295. The van der Waals surface area contributed by atoms with Crippen molar-refractivity contribution in [3.63, 3.8) is 0 Å². The summed E-state index contributed by atoms with van der Waals surface area (Å²) < 4.78 is 44.7. The van der Waals surface area contributed by atoms with E-state index < -0.39 is 23.4 Å². The number of rotatable bonds is 6. The fourth-order valence-corrected chi connectivity index (χ4v) is 4.11. The van der Waals surface area contributed by atoms with Gasteiger partial charge in [-0.3, -0.25) is 4.57 Å². The molecule has 8 heteroatoms. The highest BCUT2D eigenvalue weighted by molar-refractivity contribution is 5.39. The molecule has 1 aliphatic heterocycles.